The first-order valence-electron chi connectivity index (χ1n) is 9.25. The van der Waals surface area contributed by atoms with Crippen molar-refractivity contribution in [1.82, 2.24) is 20.0 Å². The Balaban J connectivity index is 1.25. The summed E-state index contributed by atoms with van der Waals surface area (Å²) in [5.74, 6) is 1.87. The van der Waals surface area contributed by atoms with Gasteiger partial charge in [0.15, 0.2) is 17.3 Å². The molecule has 4 heterocycles. The molecular weight excluding hydrogens is 360 g/mol. The van der Waals surface area contributed by atoms with Crippen LogP contribution >= 0.6 is 0 Å². The molecule has 1 aromatic carbocycles. The second-order valence-electron chi connectivity index (χ2n) is 6.88. The first-order valence-corrected chi connectivity index (χ1v) is 9.25. The average molecular weight is 380 g/mol. The van der Waals surface area contributed by atoms with Crippen molar-refractivity contribution in [2.45, 2.75) is 6.54 Å². The Morgan fingerprint density at radius 1 is 1.11 bits per heavy atom. The molecule has 0 spiro atoms. The lowest BCUT2D eigenvalue weighted by Crippen LogP contribution is -2.48. The molecule has 0 unspecified atom stereocenters. The van der Waals surface area contributed by atoms with Gasteiger partial charge >= 0.3 is 0 Å². The minimum absolute atomic E-state index is 0.0472. The molecule has 0 saturated carbocycles. The predicted molar refractivity (Wildman–Crippen MR) is 100 cm³/mol. The molecule has 5 rings (SSSR count). The summed E-state index contributed by atoms with van der Waals surface area (Å²) >= 11 is 0. The fourth-order valence-corrected chi connectivity index (χ4v) is 3.64. The number of H-pyrrole nitrogens is 1. The number of amides is 1. The SMILES string of the molecule is O=C(c1ccco1)N1CCN(Cc2cn[nH]c2-c2ccc3c(c2)OCO3)CC1. The van der Waals surface area contributed by atoms with E-state index < -0.39 is 0 Å². The number of furan rings is 1. The molecule has 0 radical (unpaired) electrons. The van der Waals surface area contributed by atoms with Crippen molar-refractivity contribution in [3.8, 4) is 22.8 Å². The van der Waals surface area contributed by atoms with Crippen molar-refractivity contribution in [3.05, 3.63) is 54.1 Å². The van der Waals surface area contributed by atoms with Gasteiger partial charge in [0.1, 0.15) is 0 Å². The number of aromatic nitrogens is 2. The van der Waals surface area contributed by atoms with Crippen LogP contribution in [0.1, 0.15) is 16.1 Å². The molecule has 8 heteroatoms. The zero-order valence-corrected chi connectivity index (χ0v) is 15.3. The maximum Gasteiger partial charge on any atom is 0.289 e. The van der Waals surface area contributed by atoms with E-state index in [0.717, 1.165) is 48.0 Å². The molecule has 0 atom stereocenters. The largest absolute Gasteiger partial charge is 0.459 e. The van der Waals surface area contributed by atoms with Gasteiger partial charge in [-0.15, -0.1) is 0 Å². The normalized spacial score (nSPS) is 16.5. The van der Waals surface area contributed by atoms with Gasteiger partial charge in [-0.1, -0.05) is 0 Å². The third-order valence-corrected chi connectivity index (χ3v) is 5.16. The predicted octanol–water partition coefficient (Wildman–Crippen LogP) is 2.36. The molecule has 2 aromatic heterocycles. The van der Waals surface area contributed by atoms with E-state index in [9.17, 15) is 4.79 Å². The van der Waals surface area contributed by atoms with Crippen molar-refractivity contribution >= 4 is 5.91 Å². The molecule has 0 aliphatic carbocycles. The summed E-state index contributed by atoms with van der Waals surface area (Å²) < 4.78 is 16.1. The van der Waals surface area contributed by atoms with Gasteiger partial charge in [0.25, 0.3) is 5.91 Å². The highest BCUT2D eigenvalue weighted by Crippen LogP contribution is 2.36. The molecule has 1 N–H and O–H groups in total. The van der Waals surface area contributed by atoms with Crippen LogP contribution in [0, 0.1) is 0 Å². The highest BCUT2D eigenvalue weighted by Gasteiger charge is 2.24. The third kappa shape index (κ3) is 3.11. The van der Waals surface area contributed by atoms with Crippen LogP contribution in [0.25, 0.3) is 11.3 Å². The fraction of sp³-hybridized carbons (Fsp3) is 0.300. The molecule has 2 aliphatic heterocycles. The molecule has 1 saturated heterocycles. The highest BCUT2D eigenvalue weighted by molar-refractivity contribution is 5.91. The van der Waals surface area contributed by atoms with E-state index in [4.69, 9.17) is 13.9 Å². The quantitative estimate of drug-likeness (QED) is 0.748. The zero-order valence-electron chi connectivity index (χ0n) is 15.3. The second kappa shape index (κ2) is 7.05. The van der Waals surface area contributed by atoms with E-state index in [1.54, 1.807) is 12.1 Å². The third-order valence-electron chi connectivity index (χ3n) is 5.16. The Labute approximate surface area is 161 Å². The number of hydrogen-bond acceptors (Lipinski definition) is 6. The van der Waals surface area contributed by atoms with E-state index in [0.29, 0.717) is 18.8 Å². The van der Waals surface area contributed by atoms with Gasteiger partial charge in [0.05, 0.1) is 18.2 Å². The molecule has 28 heavy (non-hydrogen) atoms. The molecule has 2 aliphatic rings. The summed E-state index contributed by atoms with van der Waals surface area (Å²) in [7, 11) is 0. The molecule has 1 fully saturated rings. The van der Waals surface area contributed by atoms with Crippen LogP contribution in [-0.4, -0.2) is 58.9 Å². The van der Waals surface area contributed by atoms with E-state index in [2.05, 4.69) is 15.1 Å². The van der Waals surface area contributed by atoms with Crippen molar-refractivity contribution in [2.24, 2.45) is 0 Å². The lowest BCUT2D eigenvalue weighted by molar-refractivity contribution is 0.0598. The smallest absolute Gasteiger partial charge is 0.289 e. The standard InChI is InChI=1S/C20H20N4O4/c25-20(17-2-1-9-26-17)24-7-5-23(6-8-24)12-15-11-21-22-19(15)14-3-4-16-18(10-14)28-13-27-16/h1-4,9-11H,5-8,12-13H2,(H,21,22). The van der Waals surface area contributed by atoms with Crippen molar-refractivity contribution in [2.75, 3.05) is 33.0 Å². The number of nitrogens with one attached hydrogen (secondary N) is 1. The van der Waals surface area contributed by atoms with Crippen LogP contribution in [-0.2, 0) is 6.54 Å². The van der Waals surface area contributed by atoms with Crippen LogP contribution in [0.4, 0.5) is 0 Å². The number of hydrogen-bond donors (Lipinski definition) is 1. The Kier molecular flexibility index (Phi) is 4.25. The van der Waals surface area contributed by atoms with Crippen LogP contribution in [0.15, 0.2) is 47.2 Å². The van der Waals surface area contributed by atoms with Gasteiger partial charge in [0.2, 0.25) is 6.79 Å². The Morgan fingerprint density at radius 2 is 1.96 bits per heavy atom. The lowest BCUT2D eigenvalue weighted by atomic mass is 10.1. The van der Waals surface area contributed by atoms with Crippen LogP contribution in [0.2, 0.25) is 0 Å². The monoisotopic (exact) mass is 380 g/mol. The number of carbonyl (C=O) groups is 1. The van der Waals surface area contributed by atoms with Gasteiger partial charge in [-0.25, -0.2) is 0 Å². The number of benzene rings is 1. The maximum absolute atomic E-state index is 12.4. The van der Waals surface area contributed by atoms with Crippen LogP contribution < -0.4 is 9.47 Å². The maximum atomic E-state index is 12.4. The minimum atomic E-state index is -0.0472. The lowest BCUT2D eigenvalue weighted by Gasteiger charge is -2.34. The summed E-state index contributed by atoms with van der Waals surface area (Å²) in [6.45, 7) is 3.99. The van der Waals surface area contributed by atoms with Crippen molar-refractivity contribution in [3.63, 3.8) is 0 Å². The summed E-state index contributed by atoms with van der Waals surface area (Å²) in [4.78, 5) is 16.6. The van der Waals surface area contributed by atoms with E-state index in [1.807, 2.05) is 29.3 Å². The number of ether oxygens (including phenoxy) is 2. The Morgan fingerprint density at radius 3 is 2.79 bits per heavy atom. The molecule has 0 bridgehead atoms. The molecule has 144 valence electrons. The van der Waals surface area contributed by atoms with Crippen molar-refractivity contribution in [1.29, 1.82) is 0 Å². The number of nitrogens with zero attached hydrogens (tertiary/aromatic N) is 3. The summed E-state index contributed by atoms with van der Waals surface area (Å²) in [6, 6.07) is 9.34. The van der Waals surface area contributed by atoms with Gasteiger partial charge < -0.3 is 18.8 Å². The number of rotatable bonds is 4. The Hall–Kier alpha value is -3.26. The van der Waals surface area contributed by atoms with E-state index in [-0.39, 0.29) is 12.7 Å². The Bertz CT molecular complexity index is 974. The molecule has 8 nitrogen and oxygen atoms in total. The number of piperazine rings is 1. The van der Waals surface area contributed by atoms with E-state index in [1.165, 1.54) is 6.26 Å². The van der Waals surface area contributed by atoms with Gasteiger partial charge in [-0.2, -0.15) is 5.10 Å². The van der Waals surface area contributed by atoms with Gasteiger partial charge in [-0.3, -0.25) is 14.8 Å². The van der Waals surface area contributed by atoms with Crippen LogP contribution in [0.5, 0.6) is 11.5 Å². The summed E-state index contributed by atoms with van der Waals surface area (Å²) in [5.41, 5.74) is 3.11. The van der Waals surface area contributed by atoms with Gasteiger partial charge in [0, 0.05) is 43.9 Å². The summed E-state index contributed by atoms with van der Waals surface area (Å²) in [5, 5.41) is 7.33. The first kappa shape index (κ1) is 16.9. The number of carbonyl (C=O) groups excluding carboxylic acids is 1. The van der Waals surface area contributed by atoms with Crippen LogP contribution in [0.3, 0.4) is 0 Å². The van der Waals surface area contributed by atoms with Gasteiger partial charge in [-0.05, 0) is 30.3 Å². The topological polar surface area (TPSA) is 83.8 Å². The number of fused-ring (bicyclic) bond motifs is 1. The first-order chi connectivity index (χ1) is 13.8. The molecule has 3 aromatic rings. The number of aromatic amines is 1. The second-order valence-corrected chi connectivity index (χ2v) is 6.88. The fourth-order valence-electron chi connectivity index (χ4n) is 3.64. The zero-order chi connectivity index (χ0) is 18.9. The average Bonchev–Trinajstić information content (AvgIpc) is 3.48. The highest BCUT2D eigenvalue weighted by atomic mass is 16.7. The van der Waals surface area contributed by atoms with E-state index >= 15 is 0 Å². The summed E-state index contributed by atoms with van der Waals surface area (Å²) in [6.07, 6.45) is 3.39. The molecular formula is C20H20N4O4. The minimum Gasteiger partial charge on any atom is -0.459 e. The molecule has 1 amide bonds. The van der Waals surface area contributed by atoms with Crippen molar-refractivity contribution < 1.29 is 18.7 Å².